The minimum absolute atomic E-state index is 0.0168. The van der Waals surface area contributed by atoms with Crippen LogP contribution < -0.4 is 0 Å². The molecule has 4 fully saturated rings. The molecule has 0 bridgehead atoms. The molecule has 0 unspecified atom stereocenters. The van der Waals surface area contributed by atoms with Crippen molar-refractivity contribution in [2.45, 2.75) is 97.2 Å². The summed E-state index contributed by atoms with van der Waals surface area (Å²) in [5.74, 6) is 1.53. The fraction of sp³-hybridized carbons (Fsp3) is 0.913. The second-order valence-electron chi connectivity index (χ2n) is 10.6. The van der Waals surface area contributed by atoms with Crippen molar-refractivity contribution in [3.63, 3.8) is 0 Å². The molecule has 1 N–H and O–H groups in total. The summed E-state index contributed by atoms with van der Waals surface area (Å²) in [7, 11) is 0. The number of Topliss-reactive ketones (excluding diaryl/α,β-unsaturated/α-hetero) is 1. The first-order valence-corrected chi connectivity index (χ1v) is 11.0. The van der Waals surface area contributed by atoms with Crippen LogP contribution in [0, 0.1) is 34.5 Å². The lowest BCUT2D eigenvalue weighted by Gasteiger charge is -2.65. The molecule has 4 saturated carbocycles. The van der Waals surface area contributed by atoms with Crippen molar-refractivity contribution in [3.05, 3.63) is 0 Å². The second-order valence-corrected chi connectivity index (χ2v) is 10.6. The number of hydrogen-bond donors (Lipinski definition) is 1. The summed E-state index contributed by atoms with van der Waals surface area (Å²) in [5, 5.41) is 12.1. The molecular weight excluding hydrogens is 340 g/mol. The second kappa shape index (κ2) is 6.30. The first-order chi connectivity index (χ1) is 12.6. The maximum atomic E-state index is 12.3. The Labute approximate surface area is 163 Å². The van der Waals surface area contributed by atoms with E-state index in [2.05, 4.69) is 13.8 Å². The predicted octanol–water partition coefficient (Wildman–Crippen LogP) is 4.28. The van der Waals surface area contributed by atoms with E-state index >= 15 is 0 Å². The Hall–Kier alpha value is -0.900. The van der Waals surface area contributed by atoms with Gasteiger partial charge in [0.25, 0.3) is 0 Å². The summed E-state index contributed by atoms with van der Waals surface area (Å²) < 4.78 is 5.52. The summed E-state index contributed by atoms with van der Waals surface area (Å²) in [6.45, 7) is 7.87. The highest BCUT2D eigenvalue weighted by Crippen LogP contribution is 2.69. The van der Waals surface area contributed by atoms with Crippen LogP contribution in [0.3, 0.4) is 0 Å². The first-order valence-electron chi connectivity index (χ1n) is 11.0. The fourth-order valence-corrected chi connectivity index (χ4v) is 8.17. The predicted molar refractivity (Wildman–Crippen MR) is 103 cm³/mol. The molecule has 4 aliphatic rings. The molecule has 0 spiro atoms. The van der Waals surface area contributed by atoms with Gasteiger partial charge in [0.1, 0.15) is 11.9 Å². The minimum atomic E-state index is -0.632. The van der Waals surface area contributed by atoms with Crippen molar-refractivity contribution in [1.29, 1.82) is 0 Å². The SMILES string of the molecule is CC(=O)O[C@H]1CC[C@@]2(C)[C@@H](CC[C@H]3[C@@H]4CC[C@H](C(C)=O)[C@@]4(C)CC[C@@]32O)C1. The minimum Gasteiger partial charge on any atom is -0.463 e. The van der Waals surface area contributed by atoms with E-state index in [-0.39, 0.29) is 28.8 Å². The van der Waals surface area contributed by atoms with E-state index in [4.69, 9.17) is 4.74 Å². The molecule has 4 aliphatic carbocycles. The van der Waals surface area contributed by atoms with Crippen molar-refractivity contribution in [2.24, 2.45) is 34.5 Å². The molecule has 0 amide bonds. The maximum absolute atomic E-state index is 12.3. The standard InChI is InChI=1S/C23H36O4/c1-14(24)18-7-8-19-20-6-5-16-13-17(27-15(2)25)9-10-22(16,4)23(20,26)12-11-21(18,19)3/h16-20,26H,5-13H2,1-4H3/t16-,17-,18+,19-,20-,21+,22-,23+/m0/s1. The summed E-state index contributed by atoms with van der Waals surface area (Å²) in [4.78, 5) is 23.6. The van der Waals surface area contributed by atoms with Crippen molar-refractivity contribution >= 4 is 11.8 Å². The van der Waals surface area contributed by atoms with Crippen LogP contribution in [0.2, 0.25) is 0 Å². The van der Waals surface area contributed by atoms with Gasteiger partial charge in [-0.15, -0.1) is 0 Å². The number of hydrogen-bond acceptors (Lipinski definition) is 4. The molecule has 0 heterocycles. The molecule has 0 aromatic heterocycles. The lowest BCUT2D eigenvalue weighted by Crippen LogP contribution is -2.65. The Morgan fingerprint density at radius 2 is 1.63 bits per heavy atom. The highest BCUT2D eigenvalue weighted by molar-refractivity contribution is 5.79. The van der Waals surface area contributed by atoms with E-state index in [1.165, 1.54) is 6.92 Å². The smallest absolute Gasteiger partial charge is 0.302 e. The van der Waals surface area contributed by atoms with Gasteiger partial charge in [0.05, 0.1) is 5.60 Å². The van der Waals surface area contributed by atoms with Crippen molar-refractivity contribution in [1.82, 2.24) is 0 Å². The number of esters is 1. The van der Waals surface area contributed by atoms with Gasteiger partial charge in [-0.3, -0.25) is 9.59 Å². The zero-order valence-corrected chi connectivity index (χ0v) is 17.4. The van der Waals surface area contributed by atoms with Crippen LogP contribution in [0.4, 0.5) is 0 Å². The summed E-state index contributed by atoms with van der Waals surface area (Å²) in [6.07, 6.45) is 8.73. The van der Waals surface area contributed by atoms with Crippen LogP contribution in [0.5, 0.6) is 0 Å². The van der Waals surface area contributed by atoms with Crippen LogP contribution >= 0.6 is 0 Å². The third kappa shape index (κ3) is 2.65. The quantitative estimate of drug-likeness (QED) is 0.731. The number of fused-ring (bicyclic) bond motifs is 5. The number of carbonyl (C=O) groups is 2. The van der Waals surface area contributed by atoms with Crippen LogP contribution in [0.25, 0.3) is 0 Å². The van der Waals surface area contributed by atoms with Crippen molar-refractivity contribution in [2.75, 3.05) is 0 Å². The van der Waals surface area contributed by atoms with Crippen LogP contribution in [0.1, 0.15) is 85.5 Å². The van der Waals surface area contributed by atoms with E-state index < -0.39 is 5.60 Å². The molecule has 4 heteroatoms. The van der Waals surface area contributed by atoms with Gasteiger partial charge < -0.3 is 9.84 Å². The first kappa shape index (κ1) is 19.4. The summed E-state index contributed by atoms with van der Waals surface area (Å²) >= 11 is 0. The Morgan fingerprint density at radius 3 is 2.30 bits per heavy atom. The largest absolute Gasteiger partial charge is 0.463 e. The Kier molecular flexibility index (Phi) is 4.53. The maximum Gasteiger partial charge on any atom is 0.302 e. The van der Waals surface area contributed by atoms with Gasteiger partial charge in [-0.25, -0.2) is 0 Å². The molecule has 0 radical (unpaired) electrons. The third-order valence-corrected chi connectivity index (χ3v) is 9.63. The van der Waals surface area contributed by atoms with Crippen LogP contribution in [-0.4, -0.2) is 28.6 Å². The van der Waals surface area contributed by atoms with Crippen molar-refractivity contribution < 1.29 is 19.4 Å². The molecule has 4 nitrogen and oxygen atoms in total. The molecule has 152 valence electrons. The molecule has 0 aromatic carbocycles. The fourth-order valence-electron chi connectivity index (χ4n) is 8.17. The normalized spacial score (nSPS) is 51.7. The summed E-state index contributed by atoms with van der Waals surface area (Å²) in [5.41, 5.74) is -0.657. The number of ketones is 1. The Bertz CT molecular complexity index is 644. The highest BCUT2D eigenvalue weighted by atomic mass is 16.5. The average molecular weight is 377 g/mol. The number of aliphatic hydroxyl groups is 1. The average Bonchev–Trinajstić information content (AvgIpc) is 2.93. The highest BCUT2D eigenvalue weighted by Gasteiger charge is 2.67. The van der Waals surface area contributed by atoms with Gasteiger partial charge in [-0.05, 0) is 93.3 Å². The Morgan fingerprint density at radius 1 is 0.926 bits per heavy atom. The molecule has 0 saturated heterocycles. The number of rotatable bonds is 2. The van der Waals surface area contributed by atoms with E-state index in [0.29, 0.717) is 23.5 Å². The molecule has 8 atom stereocenters. The van der Waals surface area contributed by atoms with Crippen molar-refractivity contribution in [3.8, 4) is 0 Å². The van der Waals surface area contributed by atoms with Gasteiger partial charge in [0, 0.05) is 12.8 Å². The van der Waals surface area contributed by atoms with E-state index in [9.17, 15) is 14.7 Å². The molecule has 0 aliphatic heterocycles. The zero-order chi connectivity index (χ0) is 19.6. The monoisotopic (exact) mass is 376 g/mol. The lowest BCUT2D eigenvalue weighted by molar-refractivity contribution is -0.241. The lowest BCUT2D eigenvalue weighted by atomic mass is 9.42. The third-order valence-electron chi connectivity index (χ3n) is 9.63. The van der Waals surface area contributed by atoms with Gasteiger partial charge in [0.15, 0.2) is 0 Å². The van der Waals surface area contributed by atoms with Gasteiger partial charge in [-0.2, -0.15) is 0 Å². The van der Waals surface area contributed by atoms with Gasteiger partial charge in [-0.1, -0.05) is 13.8 Å². The van der Waals surface area contributed by atoms with E-state index in [1.807, 2.05) is 0 Å². The summed E-state index contributed by atoms with van der Waals surface area (Å²) in [6, 6.07) is 0. The van der Waals surface area contributed by atoms with E-state index in [0.717, 1.165) is 57.8 Å². The molecule has 4 rings (SSSR count). The molecule has 0 aromatic rings. The number of carbonyl (C=O) groups excluding carboxylic acids is 2. The van der Waals surface area contributed by atoms with Crippen LogP contribution in [0.15, 0.2) is 0 Å². The molecular formula is C23H36O4. The number of ether oxygens (including phenoxy) is 1. The Balaban J connectivity index is 1.60. The van der Waals surface area contributed by atoms with E-state index in [1.54, 1.807) is 6.92 Å². The zero-order valence-electron chi connectivity index (χ0n) is 17.4. The van der Waals surface area contributed by atoms with Crippen LogP contribution in [-0.2, 0) is 14.3 Å². The van der Waals surface area contributed by atoms with Gasteiger partial charge >= 0.3 is 5.97 Å². The molecule has 27 heavy (non-hydrogen) atoms. The topological polar surface area (TPSA) is 63.6 Å². The van der Waals surface area contributed by atoms with Gasteiger partial charge in [0.2, 0.25) is 0 Å².